The fourth-order valence-electron chi connectivity index (χ4n) is 3.37. The summed E-state index contributed by atoms with van der Waals surface area (Å²) in [7, 11) is 0.821. The number of hydrogen-bond acceptors (Lipinski definition) is 2. The van der Waals surface area contributed by atoms with Crippen molar-refractivity contribution in [2.24, 2.45) is 5.41 Å². The molecule has 102 valence electrons. The molecule has 1 aliphatic carbocycles. The lowest BCUT2D eigenvalue weighted by molar-refractivity contribution is 0.175. The summed E-state index contributed by atoms with van der Waals surface area (Å²) in [6, 6.07) is 1.49. The molecule has 17 heavy (non-hydrogen) atoms. The predicted octanol–water partition coefficient (Wildman–Crippen LogP) is 3.51. The molecule has 2 nitrogen and oxygen atoms in total. The Morgan fingerprint density at radius 3 is 2.29 bits per heavy atom. The van der Waals surface area contributed by atoms with Crippen molar-refractivity contribution in [3.8, 4) is 0 Å². The molecule has 0 aliphatic heterocycles. The lowest BCUT2D eigenvalue weighted by Crippen LogP contribution is -2.42. The maximum atomic E-state index is 5.11. The second-order valence-electron chi connectivity index (χ2n) is 6.97. The van der Waals surface area contributed by atoms with Crippen molar-refractivity contribution in [1.82, 2.24) is 5.32 Å². The van der Waals surface area contributed by atoms with E-state index in [9.17, 15) is 0 Å². The molecule has 0 amide bonds. The van der Waals surface area contributed by atoms with Gasteiger partial charge < -0.3 is 10.1 Å². The van der Waals surface area contributed by atoms with Gasteiger partial charge in [-0.15, -0.1) is 0 Å². The molecule has 0 spiro atoms. The van der Waals surface area contributed by atoms with Crippen molar-refractivity contribution in [1.29, 1.82) is 0 Å². The summed E-state index contributed by atoms with van der Waals surface area (Å²) in [4.78, 5) is 0. The molecule has 1 saturated carbocycles. The van der Waals surface area contributed by atoms with Crippen molar-refractivity contribution in [2.45, 2.75) is 57.8 Å². The SMILES string of the molecule is COCCNCC1(C[Si](C)(C)C)CCCCC1. The summed E-state index contributed by atoms with van der Waals surface area (Å²) in [5.74, 6) is 0. The van der Waals surface area contributed by atoms with E-state index in [0.717, 1.165) is 13.2 Å². The zero-order chi connectivity index (χ0) is 12.8. The molecule has 0 bridgehead atoms. The van der Waals surface area contributed by atoms with Crippen LogP contribution in [0.15, 0.2) is 0 Å². The van der Waals surface area contributed by atoms with Gasteiger partial charge in [0.2, 0.25) is 0 Å². The number of rotatable bonds is 7. The molecule has 1 rings (SSSR count). The van der Waals surface area contributed by atoms with Gasteiger partial charge in [0.15, 0.2) is 0 Å². The molecule has 1 N–H and O–H groups in total. The molecule has 0 aromatic rings. The molecule has 0 atom stereocenters. The van der Waals surface area contributed by atoms with E-state index >= 15 is 0 Å². The highest BCUT2D eigenvalue weighted by atomic mass is 28.3. The standard InChI is InChI=1S/C14H31NOSi/c1-16-11-10-15-12-14(13-17(2,3)4)8-6-5-7-9-14/h15H,5-13H2,1-4H3. The Balaban J connectivity index is 2.46. The lowest BCUT2D eigenvalue weighted by Gasteiger charge is -2.41. The quantitative estimate of drug-likeness (QED) is 0.557. The summed E-state index contributed by atoms with van der Waals surface area (Å²) >= 11 is 0. The van der Waals surface area contributed by atoms with E-state index in [0.29, 0.717) is 5.41 Å². The molecule has 3 heteroatoms. The molecule has 0 aromatic carbocycles. The monoisotopic (exact) mass is 257 g/mol. The second kappa shape index (κ2) is 6.91. The van der Waals surface area contributed by atoms with Crippen LogP contribution in [0.2, 0.25) is 25.7 Å². The average Bonchev–Trinajstić information content (AvgIpc) is 2.23. The number of hydrogen-bond donors (Lipinski definition) is 1. The van der Waals surface area contributed by atoms with Gasteiger partial charge in [-0.05, 0) is 18.3 Å². The van der Waals surface area contributed by atoms with Crippen LogP contribution in [0.4, 0.5) is 0 Å². The van der Waals surface area contributed by atoms with Crippen LogP contribution in [0.1, 0.15) is 32.1 Å². The van der Waals surface area contributed by atoms with Gasteiger partial charge in [0.05, 0.1) is 6.61 Å². The molecule has 0 heterocycles. The first-order valence-electron chi connectivity index (χ1n) is 7.17. The third kappa shape index (κ3) is 6.02. The predicted molar refractivity (Wildman–Crippen MR) is 78.4 cm³/mol. The Morgan fingerprint density at radius 2 is 1.76 bits per heavy atom. The van der Waals surface area contributed by atoms with Crippen molar-refractivity contribution >= 4 is 8.07 Å². The Hall–Kier alpha value is 0.137. The largest absolute Gasteiger partial charge is 0.383 e. The zero-order valence-corrected chi connectivity index (χ0v) is 13.3. The first-order valence-corrected chi connectivity index (χ1v) is 10.9. The Bertz CT molecular complexity index is 207. The van der Waals surface area contributed by atoms with E-state index < -0.39 is 8.07 Å². The van der Waals surface area contributed by atoms with E-state index in [2.05, 4.69) is 25.0 Å². The Labute approximate surface area is 109 Å². The molecular weight excluding hydrogens is 226 g/mol. The molecule has 0 unspecified atom stereocenters. The van der Waals surface area contributed by atoms with Crippen LogP contribution in [0.3, 0.4) is 0 Å². The van der Waals surface area contributed by atoms with E-state index in [1.165, 1.54) is 44.7 Å². The van der Waals surface area contributed by atoms with Crippen molar-refractivity contribution in [3.63, 3.8) is 0 Å². The summed E-state index contributed by atoms with van der Waals surface area (Å²) < 4.78 is 5.11. The minimum atomic E-state index is -0.957. The number of nitrogens with one attached hydrogen (secondary N) is 1. The molecule has 0 saturated heterocycles. The van der Waals surface area contributed by atoms with Crippen molar-refractivity contribution in [2.75, 3.05) is 26.8 Å². The van der Waals surface area contributed by atoms with Gasteiger partial charge in [-0.3, -0.25) is 0 Å². The summed E-state index contributed by atoms with van der Waals surface area (Å²) in [6.07, 6.45) is 7.22. The zero-order valence-electron chi connectivity index (χ0n) is 12.3. The maximum Gasteiger partial charge on any atom is 0.0587 e. The van der Waals surface area contributed by atoms with Crippen LogP contribution in [-0.4, -0.2) is 34.9 Å². The van der Waals surface area contributed by atoms with Crippen LogP contribution in [0.5, 0.6) is 0 Å². The van der Waals surface area contributed by atoms with Gasteiger partial charge in [-0.1, -0.05) is 44.9 Å². The van der Waals surface area contributed by atoms with Crippen LogP contribution in [0, 0.1) is 5.41 Å². The van der Waals surface area contributed by atoms with Gasteiger partial charge in [0.1, 0.15) is 0 Å². The Kier molecular flexibility index (Phi) is 6.17. The van der Waals surface area contributed by atoms with E-state index in [1.54, 1.807) is 7.11 Å². The molecule has 0 aromatic heterocycles. The summed E-state index contributed by atoms with van der Waals surface area (Å²) in [6.45, 7) is 10.6. The van der Waals surface area contributed by atoms with E-state index in [1.807, 2.05) is 0 Å². The van der Waals surface area contributed by atoms with Gasteiger partial charge in [0.25, 0.3) is 0 Å². The molecule has 1 fully saturated rings. The van der Waals surface area contributed by atoms with Gasteiger partial charge >= 0.3 is 0 Å². The van der Waals surface area contributed by atoms with Gasteiger partial charge in [0, 0.05) is 28.3 Å². The van der Waals surface area contributed by atoms with Gasteiger partial charge in [-0.2, -0.15) is 0 Å². The normalized spacial score (nSPS) is 20.5. The summed E-state index contributed by atoms with van der Waals surface area (Å²) in [5.41, 5.74) is 0.608. The van der Waals surface area contributed by atoms with E-state index in [-0.39, 0.29) is 0 Å². The van der Waals surface area contributed by atoms with Crippen LogP contribution < -0.4 is 5.32 Å². The topological polar surface area (TPSA) is 21.3 Å². The van der Waals surface area contributed by atoms with Crippen molar-refractivity contribution < 1.29 is 4.74 Å². The lowest BCUT2D eigenvalue weighted by atomic mass is 9.75. The molecule has 0 radical (unpaired) electrons. The molecular formula is C14H31NOSi. The second-order valence-corrected chi connectivity index (χ2v) is 12.4. The Morgan fingerprint density at radius 1 is 1.12 bits per heavy atom. The van der Waals surface area contributed by atoms with Crippen LogP contribution in [0.25, 0.3) is 0 Å². The average molecular weight is 257 g/mol. The number of ether oxygens (including phenoxy) is 1. The minimum Gasteiger partial charge on any atom is -0.383 e. The smallest absolute Gasteiger partial charge is 0.0587 e. The molecule has 1 aliphatic rings. The van der Waals surface area contributed by atoms with Crippen LogP contribution >= 0.6 is 0 Å². The van der Waals surface area contributed by atoms with Crippen molar-refractivity contribution in [3.05, 3.63) is 0 Å². The minimum absolute atomic E-state index is 0.608. The van der Waals surface area contributed by atoms with E-state index in [4.69, 9.17) is 4.74 Å². The highest BCUT2D eigenvalue weighted by Gasteiger charge is 2.35. The third-order valence-electron chi connectivity index (χ3n) is 3.80. The highest BCUT2D eigenvalue weighted by Crippen LogP contribution is 2.42. The first kappa shape index (κ1) is 15.2. The third-order valence-corrected chi connectivity index (χ3v) is 5.61. The van der Waals surface area contributed by atoms with Crippen LogP contribution in [-0.2, 0) is 4.74 Å². The maximum absolute atomic E-state index is 5.11. The summed E-state index contributed by atoms with van der Waals surface area (Å²) in [5, 5.41) is 3.62. The van der Waals surface area contributed by atoms with Gasteiger partial charge in [-0.25, -0.2) is 0 Å². The fourth-order valence-corrected chi connectivity index (χ4v) is 6.10. The highest BCUT2D eigenvalue weighted by molar-refractivity contribution is 6.76. The fraction of sp³-hybridized carbons (Fsp3) is 1.00. The number of methoxy groups -OCH3 is 1. The first-order chi connectivity index (χ1) is 7.97.